The molecule has 0 unspecified atom stereocenters. The number of aromatic carboxylic acids is 1. The van der Waals surface area contributed by atoms with Crippen molar-refractivity contribution in [2.75, 3.05) is 0 Å². The van der Waals surface area contributed by atoms with Gasteiger partial charge in [-0.2, -0.15) is 5.10 Å². The average molecular weight is 293 g/mol. The van der Waals surface area contributed by atoms with Crippen LogP contribution in [0.15, 0.2) is 18.2 Å². The molecule has 0 bridgehead atoms. The maximum absolute atomic E-state index is 11.4. The minimum atomic E-state index is -1.05. The number of carboxylic acids is 1. The Morgan fingerprint density at radius 2 is 1.80 bits per heavy atom. The number of hydrogen-bond donors (Lipinski definition) is 1. The lowest BCUT2D eigenvalue weighted by Gasteiger charge is -2.06. The fourth-order valence-electron chi connectivity index (χ4n) is 2.26. The third kappa shape index (κ3) is 2.56. The molecule has 1 aromatic heterocycles. The molecule has 1 aromatic carbocycles. The summed E-state index contributed by atoms with van der Waals surface area (Å²) >= 11 is 6.23. The summed E-state index contributed by atoms with van der Waals surface area (Å²) in [7, 11) is 0. The molecule has 1 N–H and O–H groups in total. The summed E-state index contributed by atoms with van der Waals surface area (Å²) in [6, 6.07) is 5.91. The van der Waals surface area contributed by atoms with Crippen LogP contribution in [0.25, 0.3) is 5.69 Å². The molecule has 0 saturated heterocycles. The summed E-state index contributed by atoms with van der Waals surface area (Å²) in [5.74, 6) is -1.06. The van der Waals surface area contributed by atoms with Crippen LogP contribution in [0, 0.1) is 13.8 Å². The molecule has 2 aromatic rings. The number of carboxylic acid groups (broad SMARTS) is 1. The van der Waals surface area contributed by atoms with Gasteiger partial charge in [-0.1, -0.05) is 31.5 Å². The molecule has 0 amide bonds. The lowest BCUT2D eigenvalue weighted by Crippen LogP contribution is -2.01. The van der Waals surface area contributed by atoms with Gasteiger partial charge in [-0.25, -0.2) is 9.48 Å². The Balaban J connectivity index is 2.69. The fourth-order valence-corrected chi connectivity index (χ4v) is 2.57. The predicted molar refractivity (Wildman–Crippen MR) is 79.1 cm³/mol. The van der Waals surface area contributed by atoms with E-state index in [4.69, 9.17) is 11.6 Å². The number of aryl methyl sites for hydroxylation is 2. The molecule has 0 atom stereocenters. The first kappa shape index (κ1) is 14.6. The van der Waals surface area contributed by atoms with Gasteiger partial charge in [0, 0.05) is 0 Å². The molecular formula is C15H17ClN2O2. The first-order chi connectivity index (χ1) is 9.31. The van der Waals surface area contributed by atoms with E-state index in [1.807, 2.05) is 45.9 Å². The minimum absolute atomic E-state index is 0.00856. The summed E-state index contributed by atoms with van der Waals surface area (Å²) in [5, 5.41) is 13.9. The van der Waals surface area contributed by atoms with Gasteiger partial charge in [-0.05, 0) is 43.0 Å². The highest BCUT2D eigenvalue weighted by Crippen LogP contribution is 2.28. The van der Waals surface area contributed by atoms with E-state index in [-0.39, 0.29) is 16.6 Å². The second kappa shape index (κ2) is 5.29. The van der Waals surface area contributed by atoms with Crippen molar-refractivity contribution in [3.63, 3.8) is 0 Å². The molecule has 5 heteroatoms. The van der Waals surface area contributed by atoms with E-state index in [1.54, 1.807) is 0 Å². The van der Waals surface area contributed by atoms with E-state index in [1.165, 1.54) is 4.68 Å². The normalized spacial score (nSPS) is 11.1. The highest BCUT2D eigenvalue weighted by Gasteiger charge is 2.24. The standard InChI is InChI=1S/C15H17ClN2O2/c1-8(2)13-12(15(19)20)14(16)18(17-13)11-6-9(3)5-10(4)7-11/h5-8H,1-4H3,(H,19,20). The first-order valence-electron chi connectivity index (χ1n) is 6.41. The number of hydrogen-bond acceptors (Lipinski definition) is 2. The van der Waals surface area contributed by atoms with Crippen LogP contribution in [-0.4, -0.2) is 20.9 Å². The second-order valence-electron chi connectivity index (χ2n) is 5.27. The summed E-state index contributed by atoms with van der Waals surface area (Å²) < 4.78 is 1.50. The highest BCUT2D eigenvalue weighted by atomic mass is 35.5. The molecular weight excluding hydrogens is 276 g/mol. The maximum atomic E-state index is 11.4. The van der Waals surface area contributed by atoms with Crippen molar-refractivity contribution in [2.45, 2.75) is 33.6 Å². The van der Waals surface area contributed by atoms with Crippen LogP contribution in [0.2, 0.25) is 5.15 Å². The predicted octanol–water partition coefficient (Wildman–Crippen LogP) is 3.96. The van der Waals surface area contributed by atoms with Gasteiger partial charge in [0.1, 0.15) is 10.7 Å². The molecule has 0 fully saturated rings. The van der Waals surface area contributed by atoms with Crippen molar-refractivity contribution in [1.29, 1.82) is 0 Å². The zero-order valence-corrected chi connectivity index (χ0v) is 12.7. The van der Waals surface area contributed by atoms with Crippen LogP contribution in [0.4, 0.5) is 0 Å². The Labute approximate surface area is 123 Å². The lowest BCUT2D eigenvalue weighted by molar-refractivity contribution is 0.0695. The maximum Gasteiger partial charge on any atom is 0.340 e. The van der Waals surface area contributed by atoms with Crippen molar-refractivity contribution < 1.29 is 9.90 Å². The van der Waals surface area contributed by atoms with Gasteiger partial charge in [-0.3, -0.25) is 0 Å². The minimum Gasteiger partial charge on any atom is -0.478 e. The molecule has 0 aliphatic rings. The van der Waals surface area contributed by atoms with Crippen LogP contribution in [-0.2, 0) is 0 Å². The van der Waals surface area contributed by atoms with E-state index >= 15 is 0 Å². The van der Waals surface area contributed by atoms with Crippen LogP contribution in [0.5, 0.6) is 0 Å². The van der Waals surface area contributed by atoms with E-state index in [2.05, 4.69) is 5.10 Å². The molecule has 20 heavy (non-hydrogen) atoms. The second-order valence-corrected chi connectivity index (χ2v) is 5.63. The Hall–Kier alpha value is -1.81. The van der Waals surface area contributed by atoms with Crippen LogP contribution < -0.4 is 0 Å². The number of benzene rings is 1. The Morgan fingerprint density at radius 3 is 2.20 bits per heavy atom. The number of aromatic nitrogens is 2. The zero-order chi connectivity index (χ0) is 15.0. The van der Waals surface area contributed by atoms with Gasteiger partial charge in [-0.15, -0.1) is 0 Å². The van der Waals surface area contributed by atoms with E-state index in [9.17, 15) is 9.90 Å². The largest absolute Gasteiger partial charge is 0.478 e. The molecule has 1 heterocycles. The van der Waals surface area contributed by atoms with Crippen molar-refractivity contribution in [3.8, 4) is 5.69 Å². The molecule has 0 radical (unpaired) electrons. The third-order valence-corrected chi connectivity index (χ3v) is 3.42. The summed E-state index contributed by atoms with van der Waals surface area (Å²) in [5.41, 5.74) is 3.52. The third-order valence-electron chi connectivity index (χ3n) is 3.07. The Bertz CT molecular complexity index is 655. The monoisotopic (exact) mass is 292 g/mol. The van der Waals surface area contributed by atoms with Crippen molar-refractivity contribution in [1.82, 2.24) is 9.78 Å². The van der Waals surface area contributed by atoms with Crippen LogP contribution >= 0.6 is 11.6 Å². The van der Waals surface area contributed by atoms with Crippen LogP contribution in [0.3, 0.4) is 0 Å². The summed E-state index contributed by atoms with van der Waals surface area (Å²) in [6.07, 6.45) is 0. The number of nitrogens with zero attached hydrogens (tertiary/aromatic N) is 2. The smallest absolute Gasteiger partial charge is 0.340 e. The van der Waals surface area contributed by atoms with Crippen molar-refractivity contribution in [2.24, 2.45) is 0 Å². The highest BCUT2D eigenvalue weighted by molar-refractivity contribution is 6.33. The first-order valence-corrected chi connectivity index (χ1v) is 6.79. The number of carbonyl (C=O) groups is 1. The number of rotatable bonds is 3. The van der Waals surface area contributed by atoms with E-state index in [0.29, 0.717) is 5.69 Å². The van der Waals surface area contributed by atoms with E-state index < -0.39 is 5.97 Å². The lowest BCUT2D eigenvalue weighted by atomic mass is 10.1. The van der Waals surface area contributed by atoms with Gasteiger partial charge < -0.3 is 5.11 Å². The number of halogens is 1. The summed E-state index contributed by atoms with van der Waals surface area (Å²) in [6.45, 7) is 7.76. The van der Waals surface area contributed by atoms with Crippen molar-refractivity contribution >= 4 is 17.6 Å². The topological polar surface area (TPSA) is 55.1 Å². The molecule has 0 spiro atoms. The Kier molecular flexibility index (Phi) is 3.86. The average Bonchev–Trinajstić information content (AvgIpc) is 2.65. The van der Waals surface area contributed by atoms with E-state index in [0.717, 1.165) is 16.8 Å². The van der Waals surface area contributed by atoms with Crippen molar-refractivity contribution in [3.05, 3.63) is 45.7 Å². The molecule has 4 nitrogen and oxygen atoms in total. The summed E-state index contributed by atoms with van der Waals surface area (Å²) in [4.78, 5) is 11.4. The zero-order valence-electron chi connectivity index (χ0n) is 11.9. The van der Waals surface area contributed by atoms with Gasteiger partial charge >= 0.3 is 5.97 Å². The fraction of sp³-hybridized carbons (Fsp3) is 0.333. The molecule has 2 rings (SSSR count). The molecule has 106 valence electrons. The molecule has 0 aliphatic heterocycles. The molecule has 0 saturated carbocycles. The van der Waals surface area contributed by atoms with Gasteiger partial charge in [0.15, 0.2) is 0 Å². The quantitative estimate of drug-likeness (QED) is 0.931. The Morgan fingerprint density at radius 1 is 1.25 bits per heavy atom. The van der Waals surface area contributed by atoms with Gasteiger partial charge in [0.05, 0.1) is 11.4 Å². The van der Waals surface area contributed by atoms with Gasteiger partial charge in [0.25, 0.3) is 0 Å². The van der Waals surface area contributed by atoms with Gasteiger partial charge in [0.2, 0.25) is 0 Å². The van der Waals surface area contributed by atoms with Crippen LogP contribution in [0.1, 0.15) is 46.9 Å². The molecule has 0 aliphatic carbocycles. The SMILES string of the molecule is Cc1cc(C)cc(-n2nc(C(C)C)c(C(=O)O)c2Cl)c1.